The molecule has 2 atom stereocenters. The Morgan fingerprint density at radius 1 is 1.33 bits per heavy atom. The highest BCUT2D eigenvalue weighted by Gasteiger charge is 2.30. The second-order valence-electron chi connectivity index (χ2n) is 5.04. The summed E-state index contributed by atoms with van der Waals surface area (Å²) in [5, 5.41) is 3.48. The molecule has 2 aliphatic rings. The third-order valence-electron chi connectivity index (χ3n) is 3.93. The molecule has 2 heterocycles. The Hall–Kier alpha value is -1.61. The Labute approximate surface area is 108 Å². The minimum absolute atomic E-state index is 0.759. The number of pyridine rings is 1. The molecular formula is C15H18N2O. The molecule has 0 amide bonds. The number of nitrogens with one attached hydrogen (secondary N) is 1. The van der Waals surface area contributed by atoms with Crippen molar-refractivity contribution in [1.82, 2.24) is 10.3 Å². The van der Waals surface area contributed by atoms with Gasteiger partial charge in [-0.25, -0.2) is 0 Å². The van der Waals surface area contributed by atoms with Gasteiger partial charge < -0.3 is 10.1 Å². The molecule has 1 aliphatic heterocycles. The molecule has 2 unspecified atom stereocenters. The van der Waals surface area contributed by atoms with E-state index in [0.29, 0.717) is 0 Å². The predicted octanol–water partition coefficient (Wildman–Crippen LogP) is 2.62. The number of aromatic nitrogens is 1. The Bertz CT molecular complexity index is 481. The summed E-state index contributed by atoms with van der Waals surface area (Å²) in [6.45, 7) is 5.89. The maximum absolute atomic E-state index is 5.29. The van der Waals surface area contributed by atoms with E-state index in [1.807, 2.05) is 12.3 Å². The van der Waals surface area contributed by atoms with Crippen molar-refractivity contribution in [2.75, 3.05) is 13.1 Å². The van der Waals surface area contributed by atoms with Crippen molar-refractivity contribution in [3.63, 3.8) is 0 Å². The first-order valence-corrected chi connectivity index (χ1v) is 6.49. The zero-order valence-corrected chi connectivity index (χ0v) is 10.4. The lowest BCUT2D eigenvalue weighted by Gasteiger charge is -2.24. The molecule has 3 heteroatoms. The summed E-state index contributed by atoms with van der Waals surface area (Å²) in [5.41, 5.74) is 2.58. The minimum atomic E-state index is 0.759. The van der Waals surface area contributed by atoms with E-state index in [-0.39, 0.29) is 0 Å². The average Bonchev–Trinajstić information content (AvgIpc) is 2.86. The van der Waals surface area contributed by atoms with E-state index in [1.54, 1.807) is 6.20 Å². The van der Waals surface area contributed by atoms with Crippen LogP contribution in [-0.4, -0.2) is 18.1 Å². The van der Waals surface area contributed by atoms with E-state index < -0.39 is 0 Å². The number of rotatable bonds is 3. The molecular weight excluding hydrogens is 224 g/mol. The van der Waals surface area contributed by atoms with Gasteiger partial charge in [0.25, 0.3) is 0 Å². The highest BCUT2D eigenvalue weighted by Crippen LogP contribution is 2.36. The van der Waals surface area contributed by atoms with Crippen LogP contribution < -0.4 is 10.1 Å². The molecule has 1 saturated heterocycles. The third-order valence-corrected chi connectivity index (χ3v) is 3.93. The highest BCUT2D eigenvalue weighted by molar-refractivity contribution is 5.67. The van der Waals surface area contributed by atoms with Gasteiger partial charge in [-0.2, -0.15) is 0 Å². The summed E-state index contributed by atoms with van der Waals surface area (Å²) in [5.74, 6) is 2.37. The van der Waals surface area contributed by atoms with Gasteiger partial charge in [-0.1, -0.05) is 12.7 Å². The molecule has 1 N–H and O–H groups in total. The first-order chi connectivity index (χ1) is 8.86. The van der Waals surface area contributed by atoms with Crippen molar-refractivity contribution in [1.29, 1.82) is 0 Å². The molecule has 3 nitrogen and oxygen atoms in total. The molecule has 0 saturated carbocycles. The van der Waals surface area contributed by atoms with Crippen LogP contribution in [0, 0.1) is 11.8 Å². The average molecular weight is 242 g/mol. The quantitative estimate of drug-likeness (QED) is 0.827. The van der Waals surface area contributed by atoms with Gasteiger partial charge in [0.1, 0.15) is 5.75 Å². The van der Waals surface area contributed by atoms with Crippen LogP contribution in [-0.2, 0) is 0 Å². The van der Waals surface area contributed by atoms with Crippen LogP contribution in [0.1, 0.15) is 18.4 Å². The Morgan fingerprint density at radius 3 is 3.11 bits per heavy atom. The van der Waals surface area contributed by atoms with Crippen LogP contribution in [0.25, 0.3) is 5.57 Å². The normalized spacial score (nSPS) is 26.3. The zero-order valence-electron chi connectivity index (χ0n) is 10.4. The summed E-state index contributed by atoms with van der Waals surface area (Å²) in [6.07, 6.45) is 9.77. The van der Waals surface area contributed by atoms with E-state index >= 15 is 0 Å². The van der Waals surface area contributed by atoms with E-state index in [4.69, 9.17) is 4.74 Å². The Morgan fingerprint density at radius 2 is 2.22 bits per heavy atom. The van der Waals surface area contributed by atoms with Crippen LogP contribution in [0.5, 0.6) is 5.75 Å². The lowest BCUT2D eigenvalue weighted by molar-refractivity contribution is 0.417. The number of hydrogen-bond acceptors (Lipinski definition) is 3. The highest BCUT2D eigenvalue weighted by atomic mass is 16.5. The fourth-order valence-electron chi connectivity index (χ4n) is 2.95. The molecule has 18 heavy (non-hydrogen) atoms. The minimum Gasteiger partial charge on any atom is -0.464 e. The first kappa shape index (κ1) is 11.5. The van der Waals surface area contributed by atoms with Crippen molar-refractivity contribution in [3.05, 3.63) is 42.9 Å². The van der Waals surface area contributed by atoms with Gasteiger partial charge in [-0.05, 0) is 55.0 Å². The molecule has 1 fully saturated rings. The van der Waals surface area contributed by atoms with Crippen molar-refractivity contribution in [3.8, 4) is 5.75 Å². The number of nitrogens with zero attached hydrogens (tertiary/aromatic N) is 1. The lowest BCUT2D eigenvalue weighted by atomic mass is 9.80. The molecule has 0 bridgehead atoms. The summed E-state index contributed by atoms with van der Waals surface area (Å²) in [4.78, 5) is 4.23. The van der Waals surface area contributed by atoms with E-state index in [1.165, 1.54) is 30.4 Å². The van der Waals surface area contributed by atoms with Crippen LogP contribution in [0.4, 0.5) is 0 Å². The van der Waals surface area contributed by atoms with Crippen LogP contribution >= 0.6 is 0 Å². The maximum Gasteiger partial charge on any atom is 0.145 e. The molecule has 1 aliphatic carbocycles. The van der Waals surface area contributed by atoms with E-state index in [0.717, 1.165) is 30.6 Å². The fourth-order valence-corrected chi connectivity index (χ4v) is 2.95. The van der Waals surface area contributed by atoms with Crippen LogP contribution in [0.2, 0.25) is 0 Å². The van der Waals surface area contributed by atoms with Gasteiger partial charge in [0.2, 0.25) is 0 Å². The fraction of sp³-hybridized carbons (Fsp3) is 0.400. The zero-order chi connectivity index (χ0) is 12.4. The monoisotopic (exact) mass is 242 g/mol. The number of allylic oxidation sites excluding steroid dienone is 2. The molecule has 1 aromatic rings. The van der Waals surface area contributed by atoms with Gasteiger partial charge >= 0.3 is 0 Å². The van der Waals surface area contributed by atoms with Crippen molar-refractivity contribution < 1.29 is 4.74 Å². The smallest absolute Gasteiger partial charge is 0.145 e. The van der Waals surface area contributed by atoms with Gasteiger partial charge in [0.05, 0.1) is 12.5 Å². The number of fused-ring (bicyclic) bond motifs is 1. The molecule has 3 rings (SSSR count). The molecule has 0 aromatic carbocycles. The van der Waals surface area contributed by atoms with Crippen molar-refractivity contribution in [2.45, 2.75) is 12.8 Å². The molecule has 0 radical (unpaired) electrons. The first-order valence-electron chi connectivity index (χ1n) is 6.49. The summed E-state index contributed by atoms with van der Waals surface area (Å²) >= 11 is 0. The summed E-state index contributed by atoms with van der Waals surface area (Å²) in [6, 6.07) is 2.04. The van der Waals surface area contributed by atoms with Crippen molar-refractivity contribution >= 4 is 5.57 Å². The standard InChI is InChI=1S/C15H18N2O/c1-2-18-15-6-14(9-17-10-15)11-3-4-12-7-16-8-13(12)5-11/h2-3,6,9-10,12-13,16H,1,4-5,7-8H2. The van der Waals surface area contributed by atoms with Gasteiger partial charge in [-0.15, -0.1) is 0 Å². The van der Waals surface area contributed by atoms with E-state index in [9.17, 15) is 0 Å². The molecule has 0 spiro atoms. The van der Waals surface area contributed by atoms with Gasteiger partial charge in [-0.3, -0.25) is 4.98 Å². The molecule has 94 valence electrons. The maximum atomic E-state index is 5.29. The van der Waals surface area contributed by atoms with Crippen LogP contribution in [0.15, 0.2) is 37.4 Å². The largest absolute Gasteiger partial charge is 0.464 e. The SMILES string of the molecule is C=COc1cncc(C2=CCC3CNCC3C2)c1. The Kier molecular flexibility index (Phi) is 3.15. The topological polar surface area (TPSA) is 34.1 Å². The second kappa shape index (κ2) is 4.94. The van der Waals surface area contributed by atoms with Crippen molar-refractivity contribution in [2.24, 2.45) is 11.8 Å². The summed E-state index contributed by atoms with van der Waals surface area (Å²) in [7, 11) is 0. The lowest BCUT2D eigenvalue weighted by Crippen LogP contribution is -2.16. The number of ether oxygens (including phenoxy) is 1. The van der Waals surface area contributed by atoms with Gasteiger partial charge in [0, 0.05) is 6.20 Å². The Balaban J connectivity index is 1.82. The summed E-state index contributed by atoms with van der Waals surface area (Å²) < 4.78 is 5.29. The second-order valence-corrected chi connectivity index (χ2v) is 5.04. The predicted molar refractivity (Wildman–Crippen MR) is 72.1 cm³/mol. The van der Waals surface area contributed by atoms with Gasteiger partial charge in [0.15, 0.2) is 0 Å². The van der Waals surface area contributed by atoms with E-state index in [2.05, 4.69) is 23.0 Å². The molecule has 1 aromatic heterocycles. The third kappa shape index (κ3) is 2.18. The van der Waals surface area contributed by atoms with Crippen LogP contribution in [0.3, 0.4) is 0 Å². The number of hydrogen-bond donors (Lipinski definition) is 1.